The fourth-order valence-electron chi connectivity index (χ4n) is 3.08. The van der Waals surface area contributed by atoms with Gasteiger partial charge >= 0.3 is 0 Å². The van der Waals surface area contributed by atoms with Crippen molar-refractivity contribution in [1.29, 1.82) is 0 Å². The van der Waals surface area contributed by atoms with Gasteiger partial charge in [0.25, 0.3) is 0 Å². The first kappa shape index (κ1) is 15.1. The predicted octanol–water partition coefficient (Wildman–Crippen LogP) is 3.45. The number of aromatic nitrogens is 2. The molecule has 1 aromatic heterocycles. The third-order valence-electron chi connectivity index (χ3n) is 4.37. The molecule has 0 N–H and O–H groups in total. The van der Waals surface area contributed by atoms with E-state index in [-0.39, 0.29) is 0 Å². The highest BCUT2D eigenvalue weighted by Crippen LogP contribution is 2.27. The van der Waals surface area contributed by atoms with Crippen LogP contribution in [0.2, 0.25) is 0 Å². The zero-order chi connectivity index (χ0) is 15.4. The van der Waals surface area contributed by atoms with Gasteiger partial charge in [-0.3, -0.25) is 4.90 Å². The Hall–Kier alpha value is -1.78. The zero-order valence-corrected chi connectivity index (χ0v) is 13.3. The van der Waals surface area contributed by atoms with E-state index in [9.17, 15) is 0 Å². The van der Waals surface area contributed by atoms with E-state index in [1.54, 1.807) is 13.4 Å². The van der Waals surface area contributed by atoms with Crippen LogP contribution in [-0.2, 0) is 11.3 Å². The maximum atomic E-state index is 5.15. The average Bonchev–Trinajstić information content (AvgIpc) is 3.09. The quantitative estimate of drug-likeness (QED) is 0.847. The summed E-state index contributed by atoms with van der Waals surface area (Å²) in [6.45, 7) is 5.22. The molecule has 0 bridgehead atoms. The Morgan fingerprint density at radius 2 is 2.00 bits per heavy atom. The Bertz CT molecular complexity index is 623. The number of hydrogen-bond donors (Lipinski definition) is 0. The van der Waals surface area contributed by atoms with Gasteiger partial charge in [-0.1, -0.05) is 18.2 Å². The lowest BCUT2D eigenvalue weighted by molar-refractivity contribution is 0.181. The van der Waals surface area contributed by atoms with Gasteiger partial charge in [0.2, 0.25) is 0 Å². The second-order valence-electron chi connectivity index (χ2n) is 5.87. The van der Waals surface area contributed by atoms with Gasteiger partial charge in [-0.15, -0.1) is 0 Å². The Kier molecular flexibility index (Phi) is 4.80. The van der Waals surface area contributed by atoms with Crippen molar-refractivity contribution >= 4 is 0 Å². The van der Waals surface area contributed by atoms with Crippen LogP contribution in [0.5, 0.6) is 0 Å². The van der Waals surface area contributed by atoms with Crippen LogP contribution in [0.1, 0.15) is 37.1 Å². The molecule has 3 rings (SSSR count). The number of methoxy groups -OCH3 is 1. The van der Waals surface area contributed by atoms with Gasteiger partial charge in [-0.05, 0) is 50.6 Å². The van der Waals surface area contributed by atoms with Gasteiger partial charge in [0.15, 0.2) is 0 Å². The van der Waals surface area contributed by atoms with E-state index in [0.717, 1.165) is 17.0 Å². The van der Waals surface area contributed by atoms with E-state index < -0.39 is 0 Å². The molecule has 1 atom stereocenters. The van der Waals surface area contributed by atoms with Crippen molar-refractivity contribution in [1.82, 2.24) is 14.9 Å². The molecule has 1 aliphatic heterocycles. The normalized spacial score (nSPS) is 16.8. The van der Waals surface area contributed by atoms with Crippen molar-refractivity contribution in [2.45, 2.75) is 32.4 Å². The van der Waals surface area contributed by atoms with Crippen LogP contribution in [0.3, 0.4) is 0 Å². The first-order valence-corrected chi connectivity index (χ1v) is 7.92. The van der Waals surface area contributed by atoms with Gasteiger partial charge in [0.05, 0.1) is 18.0 Å². The van der Waals surface area contributed by atoms with E-state index in [4.69, 9.17) is 4.74 Å². The highest BCUT2D eigenvalue weighted by atomic mass is 16.5. The minimum Gasteiger partial charge on any atom is -0.378 e. The molecule has 22 heavy (non-hydrogen) atoms. The van der Waals surface area contributed by atoms with Crippen LogP contribution in [0.15, 0.2) is 36.7 Å². The molecule has 116 valence electrons. The number of ether oxygens (including phenoxy) is 1. The summed E-state index contributed by atoms with van der Waals surface area (Å²) in [7, 11) is 1.68. The summed E-state index contributed by atoms with van der Waals surface area (Å²) in [6, 6.07) is 11.2. The number of hydrogen-bond acceptors (Lipinski definition) is 4. The third kappa shape index (κ3) is 3.34. The molecule has 2 heterocycles. The van der Waals surface area contributed by atoms with Crippen LogP contribution in [0.4, 0.5) is 0 Å². The Morgan fingerprint density at radius 1 is 1.18 bits per heavy atom. The minimum absolute atomic E-state index is 0.461. The largest absolute Gasteiger partial charge is 0.378 e. The zero-order valence-electron chi connectivity index (χ0n) is 13.3. The Morgan fingerprint density at radius 3 is 2.77 bits per heavy atom. The number of rotatable bonds is 5. The van der Waals surface area contributed by atoms with Gasteiger partial charge in [-0.25, -0.2) is 9.97 Å². The first-order valence-electron chi connectivity index (χ1n) is 7.92. The summed E-state index contributed by atoms with van der Waals surface area (Å²) in [5, 5.41) is 0. The monoisotopic (exact) mass is 297 g/mol. The predicted molar refractivity (Wildman–Crippen MR) is 87.4 cm³/mol. The summed E-state index contributed by atoms with van der Waals surface area (Å²) in [5.74, 6) is 0. The average molecular weight is 297 g/mol. The standard InChI is InChI=1S/C18H23N3O/c1-14(21-8-3-4-9-21)15-6-5-7-16(10-15)18-11-17(12-22-2)19-13-20-18/h5-7,10-11,13-14H,3-4,8-9,12H2,1-2H3/t14-/m1/s1. The van der Waals surface area contributed by atoms with Crippen molar-refractivity contribution in [3.05, 3.63) is 47.9 Å². The lowest BCUT2D eigenvalue weighted by atomic mass is 10.0. The molecule has 1 fully saturated rings. The second-order valence-corrected chi connectivity index (χ2v) is 5.87. The SMILES string of the molecule is COCc1cc(-c2cccc([C@@H](C)N3CCCC3)c2)ncn1. The second kappa shape index (κ2) is 6.99. The minimum atomic E-state index is 0.461. The Balaban J connectivity index is 1.85. The molecule has 1 aliphatic rings. The molecule has 0 spiro atoms. The van der Waals surface area contributed by atoms with Crippen LogP contribution >= 0.6 is 0 Å². The molecule has 4 heteroatoms. The fraction of sp³-hybridized carbons (Fsp3) is 0.444. The molecular formula is C18H23N3O. The van der Waals surface area contributed by atoms with E-state index in [1.165, 1.54) is 31.5 Å². The molecule has 2 aromatic rings. The molecule has 0 aliphatic carbocycles. The van der Waals surface area contributed by atoms with Crippen LogP contribution in [0, 0.1) is 0 Å². The van der Waals surface area contributed by atoms with Gasteiger partial charge in [0.1, 0.15) is 6.33 Å². The maximum Gasteiger partial charge on any atom is 0.116 e. The number of likely N-dealkylation sites (tertiary alicyclic amines) is 1. The lowest BCUT2D eigenvalue weighted by Gasteiger charge is -2.24. The summed E-state index contributed by atoms with van der Waals surface area (Å²) < 4.78 is 5.15. The highest BCUT2D eigenvalue weighted by molar-refractivity contribution is 5.60. The van der Waals surface area contributed by atoms with Crippen LogP contribution in [-0.4, -0.2) is 35.1 Å². The summed E-state index contributed by atoms with van der Waals surface area (Å²) >= 11 is 0. The third-order valence-corrected chi connectivity index (χ3v) is 4.37. The summed E-state index contributed by atoms with van der Waals surface area (Å²) in [5.41, 5.74) is 4.36. The first-order chi connectivity index (χ1) is 10.8. The molecule has 0 unspecified atom stereocenters. The molecule has 0 saturated carbocycles. The van der Waals surface area contributed by atoms with Crippen molar-refractivity contribution in [2.75, 3.05) is 20.2 Å². The maximum absolute atomic E-state index is 5.15. The van der Waals surface area contributed by atoms with E-state index in [2.05, 4.69) is 46.1 Å². The summed E-state index contributed by atoms with van der Waals surface area (Å²) in [6.07, 6.45) is 4.24. The highest BCUT2D eigenvalue weighted by Gasteiger charge is 2.19. The van der Waals surface area contributed by atoms with Crippen molar-refractivity contribution in [2.24, 2.45) is 0 Å². The summed E-state index contributed by atoms with van der Waals surface area (Å²) in [4.78, 5) is 11.2. The van der Waals surface area contributed by atoms with E-state index in [0.29, 0.717) is 12.6 Å². The molecule has 4 nitrogen and oxygen atoms in total. The number of nitrogens with zero attached hydrogens (tertiary/aromatic N) is 3. The smallest absolute Gasteiger partial charge is 0.116 e. The van der Waals surface area contributed by atoms with Crippen LogP contribution in [0.25, 0.3) is 11.3 Å². The Labute approximate surface area is 132 Å². The van der Waals surface area contributed by atoms with E-state index >= 15 is 0 Å². The van der Waals surface area contributed by atoms with Crippen molar-refractivity contribution < 1.29 is 4.74 Å². The number of benzene rings is 1. The van der Waals surface area contributed by atoms with Gasteiger partial charge in [0, 0.05) is 18.7 Å². The van der Waals surface area contributed by atoms with Crippen LogP contribution < -0.4 is 0 Å². The lowest BCUT2D eigenvalue weighted by Crippen LogP contribution is -2.23. The van der Waals surface area contributed by atoms with Crippen molar-refractivity contribution in [3.8, 4) is 11.3 Å². The molecular weight excluding hydrogens is 274 g/mol. The molecule has 0 amide bonds. The van der Waals surface area contributed by atoms with E-state index in [1.807, 2.05) is 6.07 Å². The topological polar surface area (TPSA) is 38.2 Å². The van der Waals surface area contributed by atoms with Crippen molar-refractivity contribution in [3.63, 3.8) is 0 Å². The molecule has 1 aromatic carbocycles. The van der Waals surface area contributed by atoms with Gasteiger partial charge in [-0.2, -0.15) is 0 Å². The fourth-order valence-corrected chi connectivity index (χ4v) is 3.08. The van der Waals surface area contributed by atoms with Gasteiger partial charge < -0.3 is 4.74 Å². The molecule has 1 saturated heterocycles. The molecule has 0 radical (unpaired) electrons.